The lowest BCUT2D eigenvalue weighted by atomic mass is 9.88. The first-order chi connectivity index (χ1) is 15.8. The van der Waals surface area contributed by atoms with Crippen molar-refractivity contribution in [1.82, 2.24) is 24.5 Å². The number of alkyl halides is 2. The summed E-state index contributed by atoms with van der Waals surface area (Å²) in [7, 11) is 3.29. The second kappa shape index (κ2) is 7.80. The highest BCUT2D eigenvalue weighted by atomic mass is 19.3. The van der Waals surface area contributed by atoms with Crippen LogP contribution in [-0.4, -0.2) is 57.3 Å². The van der Waals surface area contributed by atoms with Crippen molar-refractivity contribution in [3.8, 4) is 0 Å². The summed E-state index contributed by atoms with van der Waals surface area (Å²) in [6, 6.07) is 4.22. The predicted octanol–water partition coefficient (Wildman–Crippen LogP) is 2.16. The van der Waals surface area contributed by atoms with E-state index in [0.29, 0.717) is 17.3 Å². The normalized spacial score (nSPS) is 21.5. The second-order valence-corrected chi connectivity index (χ2v) is 8.34. The minimum Gasteiger partial charge on any atom is -0.379 e. The monoisotopic (exact) mass is 459 g/mol. The fourth-order valence-electron chi connectivity index (χ4n) is 4.05. The quantitative estimate of drug-likeness (QED) is 0.496. The molecule has 174 valence electrons. The molecule has 0 spiro atoms. The van der Waals surface area contributed by atoms with Gasteiger partial charge in [0.1, 0.15) is 22.9 Å². The lowest BCUT2D eigenvalue weighted by Crippen LogP contribution is -2.41. The highest BCUT2D eigenvalue weighted by Crippen LogP contribution is 2.44. The summed E-state index contributed by atoms with van der Waals surface area (Å²) in [4.78, 5) is 30.1. The molecule has 2 saturated carbocycles. The van der Waals surface area contributed by atoms with Crippen LogP contribution in [0.2, 0.25) is 0 Å². The average Bonchev–Trinajstić information content (AvgIpc) is 3.38. The van der Waals surface area contributed by atoms with Gasteiger partial charge in [0, 0.05) is 45.3 Å². The van der Waals surface area contributed by atoms with Crippen molar-refractivity contribution in [1.29, 1.82) is 0 Å². The molecule has 3 aromatic heterocycles. The van der Waals surface area contributed by atoms with E-state index in [9.17, 15) is 18.4 Å². The number of hydrogen-bond donors (Lipinski definition) is 3. The number of ether oxygens (including phenoxy) is 1. The van der Waals surface area contributed by atoms with Crippen molar-refractivity contribution in [2.75, 3.05) is 24.8 Å². The van der Waals surface area contributed by atoms with Crippen molar-refractivity contribution in [2.24, 2.45) is 0 Å². The minimum atomic E-state index is -2.73. The molecular weight excluding hydrogens is 436 g/mol. The number of amides is 1. The number of hydrogen-bond acceptors (Lipinski definition) is 7. The number of nitrogens with zero attached hydrogens (tertiary/aromatic N) is 4. The van der Waals surface area contributed by atoms with E-state index in [0.717, 1.165) is 6.42 Å². The van der Waals surface area contributed by atoms with Crippen molar-refractivity contribution in [3.05, 3.63) is 46.5 Å². The van der Waals surface area contributed by atoms with E-state index < -0.39 is 17.5 Å². The van der Waals surface area contributed by atoms with Crippen LogP contribution in [0.15, 0.2) is 35.4 Å². The Morgan fingerprint density at radius 3 is 2.79 bits per heavy atom. The van der Waals surface area contributed by atoms with Gasteiger partial charge in [-0.25, -0.2) is 13.8 Å². The summed E-state index contributed by atoms with van der Waals surface area (Å²) < 4.78 is 34.6. The molecule has 0 aliphatic heterocycles. The van der Waals surface area contributed by atoms with Gasteiger partial charge in [-0.15, -0.1) is 0 Å². The summed E-state index contributed by atoms with van der Waals surface area (Å²) in [5, 5.41) is 13.1. The molecule has 2 aliphatic rings. The minimum absolute atomic E-state index is 0.00436. The van der Waals surface area contributed by atoms with Crippen molar-refractivity contribution < 1.29 is 18.3 Å². The van der Waals surface area contributed by atoms with Crippen LogP contribution in [0, 0.1) is 0 Å². The Morgan fingerprint density at radius 2 is 2.12 bits per heavy atom. The Labute approximate surface area is 186 Å². The molecular formula is C21H23F2N7O3. The molecule has 0 aromatic carbocycles. The molecule has 0 bridgehead atoms. The smallest absolute Gasteiger partial charge is 0.274 e. The molecule has 0 radical (unpaired) electrons. The average molecular weight is 459 g/mol. The summed E-state index contributed by atoms with van der Waals surface area (Å²) >= 11 is 0. The molecule has 3 heterocycles. The number of methoxy groups -OCH3 is 1. The van der Waals surface area contributed by atoms with Crippen LogP contribution in [0.25, 0.3) is 5.65 Å². The molecule has 12 heteroatoms. The van der Waals surface area contributed by atoms with E-state index in [4.69, 9.17) is 4.74 Å². The standard InChI is InChI=1S/C21H23F2N7O3/c1-24-17-7-16(26-13-4-3-5-29(20(13)32)11-8-21(22,23)9-11)28-18-12(10-25-30(17)18)19(31)27-14-6-15(14)33-2/h3-5,7,10-11,14-15,24H,6,8-9H2,1-2H3,(H,26,28)(H,27,31)/t14?,15-/m1/s1. The summed E-state index contributed by atoms with van der Waals surface area (Å²) in [5.41, 5.74) is 0.347. The Bertz CT molecular complexity index is 1280. The van der Waals surface area contributed by atoms with E-state index >= 15 is 0 Å². The van der Waals surface area contributed by atoms with Crippen LogP contribution in [0.1, 0.15) is 35.7 Å². The van der Waals surface area contributed by atoms with E-state index in [-0.39, 0.29) is 42.1 Å². The summed E-state index contributed by atoms with van der Waals surface area (Å²) in [6.07, 6.45) is 2.97. The summed E-state index contributed by atoms with van der Waals surface area (Å²) in [5.74, 6) is -2.21. The van der Waals surface area contributed by atoms with Crippen LogP contribution in [-0.2, 0) is 4.74 Å². The zero-order valence-electron chi connectivity index (χ0n) is 18.0. The van der Waals surface area contributed by atoms with Crippen molar-refractivity contribution in [2.45, 2.75) is 43.4 Å². The molecule has 2 aliphatic carbocycles. The first-order valence-electron chi connectivity index (χ1n) is 10.6. The highest BCUT2D eigenvalue weighted by molar-refractivity contribution is 6.00. The second-order valence-electron chi connectivity index (χ2n) is 8.34. The molecule has 1 unspecified atom stereocenters. The lowest BCUT2D eigenvalue weighted by molar-refractivity contribution is -0.104. The van der Waals surface area contributed by atoms with Gasteiger partial charge in [0.25, 0.3) is 17.4 Å². The molecule has 33 heavy (non-hydrogen) atoms. The van der Waals surface area contributed by atoms with Crippen LogP contribution >= 0.6 is 0 Å². The molecule has 2 fully saturated rings. The summed E-state index contributed by atoms with van der Waals surface area (Å²) in [6.45, 7) is 0. The van der Waals surface area contributed by atoms with Gasteiger partial charge in [0.15, 0.2) is 5.65 Å². The number of carbonyl (C=O) groups is 1. The lowest BCUT2D eigenvalue weighted by Gasteiger charge is -2.36. The molecule has 2 atom stereocenters. The number of anilines is 3. The van der Waals surface area contributed by atoms with Crippen molar-refractivity contribution >= 4 is 28.9 Å². The number of carbonyl (C=O) groups excluding carboxylic acids is 1. The fraction of sp³-hybridized carbons (Fsp3) is 0.429. The highest BCUT2D eigenvalue weighted by Gasteiger charge is 2.46. The van der Waals surface area contributed by atoms with Gasteiger partial charge in [0.2, 0.25) is 0 Å². The maximum atomic E-state index is 13.3. The van der Waals surface area contributed by atoms with Gasteiger partial charge in [-0.05, 0) is 18.6 Å². The number of pyridine rings is 1. The Hall–Kier alpha value is -3.54. The van der Waals surface area contributed by atoms with Crippen LogP contribution in [0.3, 0.4) is 0 Å². The van der Waals surface area contributed by atoms with Gasteiger partial charge in [0.05, 0.1) is 18.3 Å². The fourth-order valence-corrected chi connectivity index (χ4v) is 4.05. The number of aromatic nitrogens is 4. The predicted molar refractivity (Wildman–Crippen MR) is 116 cm³/mol. The first-order valence-corrected chi connectivity index (χ1v) is 10.6. The topological polar surface area (TPSA) is 115 Å². The largest absolute Gasteiger partial charge is 0.379 e. The third kappa shape index (κ3) is 3.90. The zero-order chi connectivity index (χ0) is 23.3. The Balaban J connectivity index is 1.44. The Morgan fingerprint density at radius 1 is 1.33 bits per heavy atom. The van der Waals surface area contributed by atoms with Crippen LogP contribution in [0.5, 0.6) is 0 Å². The van der Waals surface area contributed by atoms with E-state index in [1.54, 1.807) is 32.4 Å². The third-order valence-electron chi connectivity index (χ3n) is 6.02. The zero-order valence-corrected chi connectivity index (χ0v) is 18.0. The van der Waals surface area contributed by atoms with E-state index in [2.05, 4.69) is 26.0 Å². The van der Waals surface area contributed by atoms with Crippen LogP contribution < -0.4 is 21.5 Å². The Kier molecular flexibility index (Phi) is 5.04. The van der Waals surface area contributed by atoms with Gasteiger partial charge in [-0.1, -0.05) is 0 Å². The maximum Gasteiger partial charge on any atom is 0.274 e. The van der Waals surface area contributed by atoms with E-state index in [1.807, 2.05) is 0 Å². The number of fused-ring (bicyclic) bond motifs is 1. The molecule has 1 amide bonds. The molecule has 10 nitrogen and oxygen atoms in total. The van der Waals surface area contributed by atoms with Crippen molar-refractivity contribution in [3.63, 3.8) is 0 Å². The van der Waals surface area contributed by atoms with Gasteiger partial charge >= 0.3 is 0 Å². The molecule has 5 rings (SSSR count). The maximum absolute atomic E-state index is 13.3. The molecule has 0 saturated heterocycles. The molecule has 3 aromatic rings. The van der Waals surface area contributed by atoms with Crippen LogP contribution in [0.4, 0.5) is 26.1 Å². The van der Waals surface area contributed by atoms with Gasteiger partial charge in [-0.3, -0.25) is 9.59 Å². The SMILES string of the molecule is CNc1cc(Nc2cccn(C3CC(F)(F)C3)c2=O)nc2c(C(=O)NC3C[C@H]3OC)cnn12. The first kappa shape index (κ1) is 21.3. The number of nitrogens with one attached hydrogen (secondary N) is 3. The number of halogens is 2. The molecule has 3 N–H and O–H groups in total. The van der Waals surface area contributed by atoms with Gasteiger partial charge < -0.3 is 25.3 Å². The number of rotatable bonds is 7. The van der Waals surface area contributed by atoms with E-state index in [1.165, 1.54) is 21.5 Å². The van der Waals surface area contributed by atoms with Gasteiger partial charge in [-0.2, -0.15) is 9.61 Å². The third-order valence-corrected chi connectivity index (χ3v) is 6.02.